The summed E-state index contributed by atoms with van der Waals surface area (Å²) in [6.45, 7) is 2.34. The number of β-lactam (4-membered cyclic amide) rings is 1. The van der Waals surface area contributed by atoms with Crippen molar-refractivity contribution < 1.29 is 24.3 Å². The van der Waals surface area contributed by atoms with Crippen molar-refractivity contribution in [1.29, 1.82) is 0 Å². The minimum absolute atomic E-state index is 0.0664. The summed E-state index contributed by atoms with van der Waals surface area (Å²) in [4.78, 5) is 46.8. The Morgan fingerprint density at radius 3 is 2.96 bits per heavy atom. The van der Waals surface area contributed by atoms with Gasteiger partial charge in [-0.25, -0.2) is 9.78 Å². The number of unbranched alkanes of at least 4 members (excludes halogenated alkanes) is 1. The van der Waals surface area contributed by atoms with E-state index in [1.54, 1.807) is 5.38 Å². The molecule has 0 aromatic carbocycles. The Balaban J connectivity index is 1.73. The molecular weight excluding hydrogens is 406 g/mol. The fourth-order valence-electron chi connectivity index (χ4n) is 2.67. The molecule has 3 rings (SSSR count). The van der Waals surface area contributed by atoms with Crippen molar-refractivity contribution in [2.45, 2.75) is 31.2 Å². The molecule has 0 aliphatic carbocycles. The molecule has 1 saturated heterocycles. The van der Waals surface area contributed by atoms with Gasteiger partial charge in [0.2, 0.25) is 0 Å². The van der Waals surface area contributed by atoms with E-state index in [1.807, 2.05) is 6.92 Å². The van der Waals surface area contributed by atoms with Crippen LogP contribution < -0.4 is 11.1 Å². The number of carboxylic acid groups (broad SMARTS) is 1. The van der Waals surface area contributed by atoms with Crippen LogP contribution in [0.1, 0.15) is 25.5 Å². The molecule has 0 bridgehead atoms. The highest BCUT2D eigenvalue weighted by molar-refractivity contribution is 8.00. The highest BCUT2D eigenvalue weighted by Crippen LogP contribution is 2.37. The van der Waals surface area contributed by atoms with E-state index < -0.39 is 29.2 Å². The monoisotopic (exact) mass is 425 g/mol. The van der Waals surface area contributed by atoms with Crippen molar-refractivity contribution >= 4 is 51.7 Å². The molecule has 1 fully saturated rings. The standard InChI is InChI=1S/C16H19N5O5S2/c1-2-3-5-26-20-10(8-7-28-16(17)18-8)12(22)19-11-13(23)21-9(15(24)25)4-6-27-14(11)21/h4,7,11,14H,2-3,5-6H2,1H3,(H2,17,18)(H,19,22)(H,24,25)/b20-10+. The van der Waals surface area contributed by atoms with Crippen LogP contribution in [-0.4, -0.2) is 62.3 Å². The van der Waals surface area contributed by atoms with E-state index >= 15 is 0 Å². The number of nitrogens with one attached hydrogen (secondary N) is 1. The number of hydrogen-bond donors (Lipinski definition) is 3. The van der Waals surface area contributed by atoms with Crippen LogP contribution in [0.4, 0.5) is 5.13 Å². The molecule has 2 aliphatic rings. The summed E-state index contributed by atoms with van der Waals surface area (Å²) in [5.41, 5.74) is 5.75. The molecule has 2 atom stereocenters. The average Bonchev–Trinajstić information content (AvgIpc) is 3.10. The number of amides is 2. The van der Waals surface area contributed by atoms with Crippen LogP contribution in [0.25, 0.3) is 0 Å². The number of oxime groups is 1. The molecule has 2 aliphatic heterocycles. The van der Waals surface area contributed by atoms with Crippen LogP contribution in [-0.2, 0) is 19.2 Å². The number of nitrogens with two attached hydrogens (primary N) is 1. The van der Waals surface area contributed by atoms with Gasteiger partial charge in [-0.1, -0.05) is 18.5 Å². The number of carboxylic acids is 1. The average molecular weight is 425 g/mol. The summed E-state index contributed by atoms with van der Waals surface area (Å²) in [5, 5.41) is 17.1. The number of aliphatic carboxylic acids is 1. The first kappa shape index (κ1) is 20.1. The Kier molecular flexibility index (Phi) is 6.19. The van der Waals surface area contributed by atoms with Crippen LogP contribution in [0.15, 0.2) is 22.3 Å². The Hall–Kier alpha value is -2.60. The van der Waals surface area contributed by atoms with Gasteiger partial charge >= 0.3 is 5.97 Å². The van der Waals surface area contributed by atoms with E-state index in [-0.39, 0.29) is 22.2 Å². The lowest BCUT2D eigenvalue weighted by molar-refractivity contribution is -0.150. The molecule has 3 heterocycles. The van der Waals surface area contributed by atoms with E-state index in [0.29, 0.717) is 12.4 Å². The maximum Gasteiger partial charge on any atom is 0.352 e. The largest absolute Gasteiger partial charge is 0.477 e. The van der Waals surface area contributed by atoms with Gasteiger partial charge in [-0.2, -0.15) is 0 Å². The second-order valence-electron chi connectivity index (χ2n) is 5.98. The van der Waals surface area contributed by atoms with Crippen molar-refractivity contribution in [3.05, 3.63) is 22.8 Å². The van der Waals surface area contributed by atoms with Gasteiger partial charge in [0.05, 0.1) is 0 Å². The Labute approximate surface area is 168 Å². The number of carbonyl (C=O) groups excluding carboxylic acids is 2. The van der Waals surface area contributed by atoms with Crippen LogP contribution in [0, 0.1) is 0 Å². The minimum Gasteiger partial charge on any atom is -0.477 e. The van der Waals surface area contributed by atoms with Gasteiger partial charge in [-0.05, 0) is 12.5 Å². The van der Waals surface area contributed by atoms with Gasteiger partial charge in [0.25, 0.3) is 11.8 Å². The van der Waals surface area contributed by atoms with E-state index in [0.717, 1.165) is 24.2 Å². The van der Waals surface area contributed by atoms with Crippen LogP contribution in [0.5, 0.6) is 0 Å². The molecule has 150 valence electrons. The number of anilines is 1. The molecule has 2 amide bonds. The van der Waals surface area contributed by atoms with Crippen molar-refractivity contribution in [3.8, 4) is 0 Å². The molecule has 12 heteroatoms. The van der Waals surface area contributed by atoms with E-state index in [1.165, 1.54) is 22.7 Å². The Morgan fingerprint density at radius 2 is 2.32 bits per heavy atom. The van der Waals surface area contributed by atoms with Crippen molar-refractivity contribution in [1.82, 2.24) is 15.2 Å². The quantitative estimate of drug-likeness (QED) is 0.238. The summed E-state index contributed by atoms with van der Waals surface area (Å²) < 4.78 is 0. The topological polar surface area (TPSA) is 147 Å². The number of thioether (sulfide) groups is 1. The number of nitrogen functional groups attached to an aromatic ring is 1. The Morgan fingerprint density at radius 1 is 1.54 bits per heavy atom. The zero-order valence-corrected chi connectivity index (χ0v) is 16.6. The first-order valence-corrected chi connectivity index (χ1v) is 10.5. The fraction of sp³-hybridized carbons (Fsp3) is 0.438. The maximum absolute atomic E-state index is 12.7. The Bertz CT molecular complexity index is 852. The van der Waals surface area contributed by atoms with Crippen molar-refractivity contribution in [2.75, 3.05) is 18.1 Å². The molecule has 0 spiro atoms. The molecule has 1 aromatic heterocycles. The first-order chi connectivity index (χ1) is 13.4. The highest BCUT2D eigenvalue weighted by atomic mass is 32.2. The molecule has 28 heavy (non-hydrogen) atoms. The number of aromatic nitrogens is 1. The number of thiazole rings is 1. The maximum atomic E-state index is 12.7. The number of carbonyl (C=O) groups is 3. The molecule has 0 saturated carbocycles. The van der Waals surface area contributed by atoms with Gasteiger partial charge in [-0.15, -0.1) is 23.1 Å². The van der Waals surface area contributed by atoms with Crippen molar-refractivity contribution in [3.63, 3.8) is 0 Å². The molecule has 4 N–H and O–H groups in total. The molecule has 1 aromatic rings. The minimum atomic E-state index is -1.17. The molecule has 2 unspecified atom stereocenters. The molecular formula is C16H19N5O5S2. The van der Waals surface area contributed by atoms with E-state index in [2.05, 4.69) is 15.5 Å². The predicted octanol–water partition coefficient (Wildman–Crippen LogP) is 0.615. The lowest BCUT2D eigenvalue weighted by atomic mass is 10.0. The first-order valence-electron chi connectivity index (χ1n) is 8.54. The zero-order valence-electron chi connectivity index (χ0n) is 15.0. The fourth-order valence-corrected chi connectivity index (χ4v) is 4.41. The van der Waals surface area contributed by atoms with Gasteiger partial charge in [0.1, 0.15) is 29.4 Å². The summed E-state index contributed by atoms with van der Waals surface area (Å²) in [5.74, 6) is -1.85. The number of rotatable bonds is 8. The van der Waals surface area contributed by atoms with Gasteiger partial charge in [-0.3, -0.25) is 14.5 Å². The summed E-state index contributed by atoms with van der Waals surface area (Å²) in [6.07, 6.45) is 3.16. The SMILES string of the molecule is CCCCO/N=C(/C(=O)NC1C(=O)N2C(C(=O)O)=CCSC12)c1csc(N)n1. The summed E-state index contributed by atoms with van der Waals surface area (Å²) in [6, 6.07) is -0.850. The molecule has 0 radical (unpaired) electrons. The third-order valence-corrected chi connectivity index (χ3v) is 5.93. The summed E-state index contributed by atoms with van der Waals surface area (Å²) >= 11 is 2.52. The van der Waals surface area contributed by atoms with Gasteiger partial charge in [0, 0.05) is 11.1 Å². The predicted molar refractivity (Wildman–Crippen MR) is 105 cm³/mol. The van der Waals surface area contributed by atoms with Crippen LogP contribution in [0.3, 0.4) is 0 Å². The van der Waals surface area contributed by atoms with Gasteiger partial charge < -0.3 is 21.0 Å². The third-order valence-electron chi connectivity index (χ3n) is 4.08. The molecule has 10 nitrogen and oxygen atoms in total. The second-order valence-corrected chi connectivity index (χ2v) is 8.01. The third kappa shape index (κ3) is 3.97. The van der Waals surface area contributed by atoms with Crippen LogP contribution in [0.2, 0.25) is 0 Å². The van der Waals surface area contributed by atoms with Gasteiger partial charge in [0.15, 0.2) is 10.8 Å². The number of fused-ring (bicyclic) bond motifs is 1. The number of hydrogen-bond acceptors (Lipinski definition) is 9. The van der Waals surface area contributed by atoms with Crippen LogP contribution >= 0.6 is 23.1 Å². The van der Waals surface area contributed by atoms with Crippen molar-refractivity contribution in [2.24, 2.45) is 5.16 Å². The number of nitrogens with zero attached hydrogens (tertiary/aromatic N) is 3. The van der Waals surface area contributed by atoms with E-state index in [9.17, 15) is 19.5 Å². The normalized spacial score (nSPS) is 21.5. The lowest BCUT2D eigenvalue weighted by Crippen LogP contribution is -2.70. The highest BCUT2D eigenvalue weighted by Gasteiger charge is 2.53. The second kappa shape index (κ2) is 8.61. The smallest absolute Gasteiger partial charge is 0.352 e. The van der Waals surface area contributed by atoms with E-state index in [4.69, 9.17) is 10.6 Å². The summed E-state index contributed by atoms with van der Waals surface area (Å²) in [7, 11) is 0. The zero-order chi connectivity index (χ0) is 20.3. The lowest BCUT2D eigenvalue weighted by Gasteiger charge is -2.48.